The minimum Gasteiger partial charge on any atom is -0.147 e. The van der Waals surface area contributed by atoms with Gasteiger partial charge in [0.05, 0.1) is 0 Å². The quantitative estimate of drug-likeness (QED) is 0.559. The Labute approximate surface area is 164 Å². The number of methoxy groups -OCH3 is 1. The Kier molecular flexibility index (Phi) is 10.3. The van der Waals surface area contributed by atoms with Gasteiger partial charge in [0.25, 0.3) is 0 Å². The smallest absolute Gasteiger partial charge is 0.147 e. The Morgan fingerprint density at radius 2 is 1.44 bits per heavy atom. The molecule has 0 amide bonds. The van der Waals surface area contributed by atoms with Gasteiger partial charge in [-0.2, -0.15) is 0 Å². The van der Waals surface area contributed by atoms with E-state index in [1.54, 1.807) is 7.11 Å². The predicted molar refractivity (Wildman–Crippen MR) is 109 cm³/mol. The van der Waals surface area contributed by atoms with E-state index in [-0.39, 0.29) is 18.5 Å². The van der Waals surface area contributed by atoms with E-state index in [9.17, 15) is 5.11 Å². The molecule has 2 rings (SSSR count). The van der Waals surface area contributed by atoms with E-state index in [1.807, 2.05) is 36.4 Å². The van der Waals surface area contributed by atoms with Crippen molar-refractivity contribution < 1.29 is 14.6 Å². The van der Waals surface area contributed by atoms with Crippen LogP contribution in [0.25, 0.3) is 0 Å². The Hall–Kier alpha value is -0.911. The molecule has 1 N–H and O–H groups in total. The van der Waals surface area contributed by atoms with Gasteiger partial charge < -0.3 is 0 Å². The molecule has 0 saturated carbocycles. The molecular weight excluding hydrogens is 442 g/mol. The Balaban J connectivity index is 0.00000312. The number of ether oxygens (including phenoxy) is 2. The van der Waals surface area contributed by atoms with Crippen molar-refractivity contribution >= 4 is 32.2 Å². The van der Waals surface area contributed by atoms with E-state index in [4.69, 9.17) is 9.47 Å². The first-order valence-electron chi connectivity index (χ1n) is 8.60. The summed E-state index contributed by atoms with van der Waals surface area (Å²) in [6.07, 6.45) is 1.45. The molecule has 1 unspecified atom stereocenters. The van der Waals surface area contributed by atoms with E-state index < -0.39 is 19.8 Å². The van der Waals surface area contributed by atoms with Gasteiger partial charge in [-0.25, -0.2) is 0 Å². The number of aliphatic hydroxyl groups excluding tert-OH is 1. The standard InChI is InChI=1S/C18H21O3.2CH3.ClH.Sn.H/c1-14(19)13-21-18-10-6-4-8-16(18)12-11-15-7-3-5-9-17(15)20-2;;;;;/h3-10,14,19H,1,11-13H2,2H3;2*1H3;1H;;. The van der Waals surface area contributed by atoms with E-state index >= 15 is 0 Å². The minimum absolute atomic E-state index is 0. The van der Waals surface area contributed by atoms with Crippen LogP contribution in [0.15, 0.2) is 48.5 Å². The summed E-state index contributed by atoms with van der Waals surface area (Å²) >= 11 is -1.41. The van der Waals surface area contributed by atoms with Crippen molar-refractivity contribution in [2.75, 3.05) is 13.7 Å². The maximum atomic E-state index is 10.1. The zero-order valence-electron chi connectivity index (χ0n) is 15.3. The van der Waals surface area contributed by atoms with Crippen LogP contribution in [0.2, 0.25) is 14.3 Å². The molecule has 0 aliphatic heterocycles. The summed E-state index contributed by atoms with van der Waals surface area (Å²) < 4.78 is 12.3. The van der Waals surface area contributed by atoms with Crippen LogP contribution in [-0.2, 0) is 12.8 Å². The van der Waals surface area contributed by atoms with E-state index in [0.717, 1.165) is 28.8 Å². The molecule has 138 valence electrons. The van der Waals surface area contributed by atoms with Crippen molar-refractivity contribution in [1.82, 2.24) is 0 Å². The largest absolute Gasteiger partial charge is 0.147 e. The molecule has 0 aliphatic rings. The molecule has 0 fully saturated rings. The van der Waals surface area contributed by atoms with Crippen LogP contribution in [0.1, 0.15) is 11.1 Å². The van der Waals surface area contributed by atoms with Gasteiger partial charge in [-0.3, -0.25) is 0 Å². The van der Waals surface area contributed by atoms with Gasteiger partial charge in [-0.1, -0.05) is 0 Å². The third kappa shape index (κ3) is 7.46. The monoisotopic (exact) mass is 472 g/mol. The molecule has 3 nitrogen and oxygen atoms in total. The molecule has 0 bridgehead atoms. The number of hydrogen-bond acceptors (Lipinski definition) is 3. The summed E-state index contributed by atoms with van der Waals surface area (Å²) in [4.78, 5) is 4.62. The first-order chi connectivity index (χ1) is 11.6. The second kappa shape index (κ2) is 11.7. The van der Waals surface area contributed by atoms with Crippen LogP contribution < -0.4 is 9.47 Å². The third-order valence-electron chi connectivity index (χ3n) is 4.00. The van der Waals surface area contributed by atoms with Crippen LogP contribution >= 0.6 is 12.4 Å². The van der Waals surface area contributed by atoms with Gasteiger partial charge in [-0.05, 0) is 0 Å². The van der Waals surface area contributed by atoms with E-state index in [2.05, 4.69) is 22.0 Å². The summed E-state index contributed by atoms with van der Waals surface area (Å²) in [5.74, 6) is 1.81. The number of aliphatic hydroxyl groups is 1. The van der Waals surface area contributed by atoms with E-state index in [0.29, 0.717) is 6.61 Å². The number of para-hydroxylation sites is 2. The van der Waals surface area contributed by atoms with Gasteiger partial charge in [0.1, 0.15) is 0 Å². The van der Waals surface area contributed by atoms with Crippen LogP contribution in [0.4, 0.5) is 0 Å². The van der Waals surface area contributed by atoms with Crippen LogP contribution in [0, 0.1) is 0 Å². The number of rotatable bonds is 9. The summed E-state index contributed by atoms with van der Waals surface area (Å²) in [5.41, 5.74) is 2.37. The third-order valence-corrected chi connectivity index (χ3v) is 8.25. The molecule has 0 heterocycles. The minimum atomic E-state index is -1.41. The molecule has 0 spiro atoms. The van der Waals surface area contributed by atoms with Crippen LogP contribution in [-0.4, -0.2) is 44.7 Å². The number of hydrogen-bond donors (Lipinski definition) is 1. The average molecular weight is 472 g/mol. The van der Waals surface area contributed by atoms with Crippen LogP contribution in [0.5, 0.6) is 11.5 Å². The first kappa shape index (κ1) is 22.1. The van der Waals surface area contributed by atoms with Crippen molar-refractivity contribution in [1.29, 1.82) is 0 Å². The summed E-state index contributed by atoms with van der Waals surface area (Å²) in [5, 5.41) is 10.1. The molecule has 0 aromatic heterocycles. The Morgan fingerprint density at radius 1 is 0.920 bits per heavy atom. The number of benzene rings is 2. The van der Waals surface area contributed by atoms with Crippen molar-refractivity contribution in [3.8, 4) is 11.5 Å². The molecule has 2 aromatic carbocycles. The topological polar surface area (TPSA) is 38.7 Å². The number of aryl methyl sites for hydroxylation is 2. The van der Waals surface area contributed by atoms with Gasteiger partial charge >= 0.3 is 152 Å². The fraction of sp³-hybridized carbons (Fsp3) is 0.400. The summed E-state index contributed by atoms with van der Waals surface area (Å²) in [6.45, 7) is 0.390. The fourth-order valence-corrected chi connectivity index (χ4v) is 6.32. The predicted octanol–water partition coefficient (Wildman–Crippen LogP) is 4.13. The van der Waals surface area contributed by atoms with Gasteiger partial charge in [-0.15, -0.1) is 12.4 Å². The zero-order valence-corrected chi connectivity index (χ0v) is 19.4. The maximum absolute atomic E-state index is 10.1. The molecule has 1 atom stereocenters. The second-order valence-corrected chi connectivity index (χ2v) is 15.8. The summed E-state index contributed by atoms with van der Waals surface area (Å²) in [6, 6.07) is 16.2. The SMILES string of the molecule is COc1ccccc1CCc1ccccc1OCC(O)[CH2][SnH]([CH3])[CH3].Cl. The van der Waals surface area contributed by atoms with Gasteiger partial charge in [0.15, 0.2) is 0 Å². The average Bonchev–Trinajstić information content (AvgIpc) is 2.58. The first-order valence-corrected chi connectivity index (χ1v) is 17.5. The second-order valence-electron chi connectivity index (χ2n) is 6.51. The maximum Gasteiger partial charge on any atom is -0.147 e. The Bertz CT molecular complexity index is 634. The normalized spacial score (nSPS) is 11.7. The molecule has 0 saturated heterocycles. The Morgan fingerprint density at radius 3 is 2.00 bits per heavy atom. The molecule has 5 heteroatoms. The van der Waals surface area contributed by atoms with Crippen molar-refractivity contribution in [3.63, 3.8) is 0 Å². The summed E-state index contributed by atoms with van der Waals surface area (Å²) in [7, 11) is 1.71. The molecule has 0 aliphatic carbocycles. The van der Waals surface area contributed by atoms with Crippen molar-refractivity contribution in [2.24, 2.45) is 0 Å². The van der Waals surface area contributed by atoms with E-state index in [1.165, 1.54) is 11.1 Å². The zero-order chi connectivity index (χ0) is 17.4. The van der Waals surface area contributed by atoms with Gasteiger partial charge in [0, 0.05) is 0 Å². The van der Waals surface area contributed by atoms with Crippen molar-refractivity contribution in [2.45, 2.75) is 33.3 Å². The van der Waals surface area contributed by atoms with Crippen molar-refractivity contribution in [3.05, 3.63) is 59.7 Å². The molecular formula is C20H29ClO3Sn. The number of halogens is 1. The van der Waals surface area contributed by atoms with Crippen LogP contribution in [0.3, 0.4) is 0 Å². The molecule has 2 aromatic rings. The van der Waals surface area contributed by atoms with Gasteiger partial charge in [0.2, 0.25) is 0 Å². The molecule has 0 radical (unpaired) electrons. The fourth-order valence-electron chi connectivity index (χ4n) is 2.83. The molecule has 25 heavy (non-hydrogen) atoms.